The molecule has 0 bridgehead atoms. The first-order chi connectivity index (χ1) is 8.15. The maximum Gasteiger partial charge on any atom is 0.338 e. The van der Waals surface area contributed by atoms with Crippen molar-refractivity contribution in [2.75, 3.05) is 5.32 Å². The number of hydrogen-bond acceptors (Lipinski definition) is 3. The maximum atomic E-state index is 10.6. The van der Waals surface area contributed by atoms with Crippen LogP contribution >= 0.6 is 11.6 Å². The van der Waals surface area contributed by atoms with Crippen molar-refractivity contribution in [3.8, 4) is 0 Å². The summed E-state index contributed by atoms with van der Waals surface area (Å²) in [5, 5.41) is 12.5. The molecular formula is C12H10ClNO3. The number of anilines is 1. The van der Waals surface area contributed by atoms with Crippen LogP contribution in [0.5, 0.6) is 0 Å². The molecule has 17 heavy (non-hydrogen) atoms. The molecule has 0 radical (unpaired) electrons. The number of benzene rings is 1. The van der Waals surface area contributed by atoms with E-state index < -0.39 is 5.97 Å². The van der Waals surface area contributed by atoms with Crippen molar-refractivity contribution in [2.45, 2.75) is 6.54 Å². The SMILES string of the molecule is O=C(O)c1coc(CNc2ccc(Cl)cc2)c1. The van der Waals surface area contributed by atoms with Crippen molar-refractivity contribution in [1.29, 1.82) is 0 Å². The molecule has 5 heteroatoms. The van der Waals surface area contributed by atoms with Crippen LogP contribution in [0.1, 0.15) is 16.1 Å². The Kier molecular flexibility index (Phi) is 3.35. The molecule has 1 heterocycles. The summed E-state index contributed by atoms with van der Waals surface area (Å²) in [6.07, 6.45) is 1.22. The number of carboxylic acids is 1. The van der Waals surface area contributed by atoms with Gasteiger partial charge in [0.05, 0.1) is 12.1 Å². The van der Waals surface area contributed by atoms with Crippen molar-refractivity contribution >= 4 is 23.3 Å². The van der Waals surface area contributed by atoms with Gasteiger partial charge in [0.15, 0.2) is 0 Å². The molecule has 0 spiro atoms. The number of carboxylic acid groups (broad SMARTS) is 1. The van der Waals surface area contributed by atoms with Gasteiger partial charge in [-0.3, -0.25) is 0 Å². The molecule has 0 aliphatic rings. The van der Waals surface area contributed by atoms with E-state index in [2.05, 4.69) is 5.32 Å². The molecule has 0 fully saturated rings. The molecule has 88 valence electrons. The topological polar surface area (TPSA) is 62.5 Å². The molecular weight excluding hydrogens is 242 g/mol. The van der Waals surface area contributed by atoms with Gasteiger partial charge in [0.1, 0.15) is 12.0 Å². The van der Waals surface area contributed by atoms with E-state index >= 15 is 0 Å². The summed E-state index contributed by atoms with van der Waals surface area (Å²) < 4.78 is 5.10. The van der Waals surface area contributed by atoms with Gasteiger partial charge in [-0.05, 0) is 30.3 Å². The fraction of sp³-hybridized carbons (Fsp3) is 0.0833. The Hall–Kier alpha value is -1.94. The van der Waals surface area contributed by atoms with Crippen LogP contribution in [0.3, 0.4) is 0 Å². The molecule has 0 atom stereocenters. The molecule has 0 unspecified atom stereocenters. The standard InChI is InChI=1S/C12H10ClNO3/c13-9-1-3-10(4-2-9)14-6-11-5-8(7-17-11)12(15)16/h1-5,7,14H,6H2,(H,15,16). The second-order valence-corrected chi connectivity index (χ2v) is 3.90. The highest BCUT2D eigenvalue weighted by molar-refractivity contribution is 6.30. The molecule has 0 amide bonds. The number of aromatic carboxylic acids is 1. The Morgan fingerprint density at radius 3 is 2.65 bits per heavy atom. The van der Waals surface area contributed by atoms with Crippen molar-refractivity contribution in [3.63, 3.8) is 0 Å². The first-order valence-corrected chi connectivity index (χ1v) is 5.33. The van der Waals surface area contributed by atoms with Crippen LogP contribution in [0.25, 0.3) is 0 Å². The molecule has 1 aromatic carbocycles. The van der Waals surface area contributed by atoms with Gasteiger partial charge in [0.25, 0.3) is 0 Å². The lowest BCUT2D eigenvalue weighted by Crippen LogP contribution is -1.98. The zero-order valence-electron chi connectivity index (χ0n) is 8.81. The second-order valence-electron chi connectivity index (χ2n) is 3.47. The number of carbonyl (C=O) groups is 1. The lowest BCUT2D eigenvalue weighted by atomic mass is 10.3. The highest BCUT2D eigenvalue weighted by Gasteiger charge is 2.07. The van der Waals surface area contributed by atoms with Crippen LogP contribution in [0, 0.1) is 0 Å². The summed E-state index contributed by atoms with van der Waals surface area (Å²) in [6.45, 7) is 0.426. The second kappa shape index (κ2) is 4.93. The molecule has 1 aromatic heterocycles. The number of hydrogen-bond donors (Lipinski definition) is 2. The molecule has 0 saturated carbocycles. The normalized spacial score (nSPS) is 10.2. The zero-order chi connectivity index (χ0) is 12.3. The predicted molar refractivity (Wildman–Crippen MR) is 64.4 cm³/mol. The molecule has 2 N–H and O–H groups in total. The third kappa shape index (κ3) is 3.01. The zero-order valence-corrected chi connectivity index (χ0v) is 9.57. The Morgan fingerprint density at radius 1 is 1.35 bits per heavy atom. The lowest BCUT2D eigenvalue weighted by molar-refractivity contribution is 0.0696. The van der Waals surface area contributed by atoms with Gasteiger partial charge in [0.2, 0.25) is 0 Å². The summed E-state index contributed by atoms with van der Waals surface area (Å²) >= 11 is 5.76. The molecule has 4 nitrogen and oxygen atoms in total. The van der Waals surface area contributed by atoms with E-state index in [9.17, 15) is 4.79 Å². The van der Waals surface area contributed by atoms with Crippen molar-refractivity contribution in [3.05, 3.63) is 52.9 Å². The highest BCUT2D eigenvalue weighted by Crippen LogP contribution is 2.15. The lowest BCUT2D eigenvalue weighted by Gasteiger charge is -2.03. The third-order valence-electron chi connectivity index (χ3n) is 2.21. The minimum atomic E-state index is -0.994. The Balaban J connectivity index is 1.97. The van der Waals surface area contributed by atoms with Gasteiger partial charge in [-0.15, -0.1) is 0 Å². The summed E-state index contributed by atoms with van der Waals surface area (Å²) in [7, 11) is 0. The van der Waals surface area contributed by atoms with Gasteiger partial charge in [-0.25, -0.2) is 4.79 Å². The fourth-order valence-corrected chi connectivity index (χ4v) is 1.47. The van der Waals surface area contributed by atoms with Gasteiger partial charge in [-0.2, -0.15) is 0 Å². The minimum absolute atomic E-state index is 0.151. The summed E-state index contributed by atoms with van der Waals surface area (Å²) in [6, 6.07) is 8.71. The number of halogens is 1. The van der Waals surface area contributed by atoms with E-state index in [0.717, 1.165) is 5.69 Å². The first kappa shape index (κ1) is 11.5. The molecule has 2 rings (SSSR count). The maximum absolute atomic E-state index is 10.6. The van der Waals surface area contributed by atoms with Gasteiger partial charge < -0.3 is 14.8 Å². The molecule has 0 aliphatic heterocycles. The van der Waals surface area contributed by atoms with Crippen LogP contribution in [-0.2, 0) is 6.54 Å². The summed E-state index contributed by atoms with van der Waals surface area (Å²) in [4.78, 5) is 10.6. The van der Waals surface area contributed by atoms with Crippen LogP contribution in [-0.4, -0.2) is 11.1 Å². The number of furan rings is 1. The van der Waals surface area contributed by atoms with Crippen LogP contribution in [0.2, 0.25) is 5.02 Å². The number of rotatable bonds is 4. The Morgan fingerprint density at radius 2 is 2.06 bits per heavy atom. The van der Waals surface area contributed by atoms with E-state index in [-0.39, 0.29) is 5.56 Å². The monoisotopic (exact) mass is 251 g/mol. The number of nitrogens with one attached hydrogen (secondary N) is 1. The van der Waals surface area contributed by atoms with E-state index in [1.165, 1.54) is 12.3 Å². The van der Waals surface area contributed by atoms with Gasteiger partial charge >= 0.3 is 5.97 Å². The average molecular weight is 252 g/mol. The molecule has 2 aromatic rings. The Labute approximate surface area is 103 Å². The summed E-state index contributed by atoms with van der Waals surface area (Å²) in [5.74, 6) is -0.427. The van der Waals surface area contributed by atoms with E-state index in [0.29, 0.717) is 17.3 Å². The van der Waals surface area contributed by atoms with Gasteiger partial charge in [-0.1, -0.05) is 11.6 Å². The summed E-state index contributed by atoms with van der Waals surface area (Å²) in [5.41, 5.74) is 1.04. The molecule has 0 saturated heterocycles. The van der Waals surface area contributed by atoms with E-state index in [1.807, 2.05) is 12.1 Å². The highest BCUT2D eigenvalue weighted by atomic mass is 35.5. The van der Waals surface area contributed by atoms with Crippen LogP contribution in [0.4, 0.5) is 5.69 Å². The van der Waals surface area contributed by atoms with Crippen molar-refractivity contribution in [1.82, 2.24) is 0 Å². The fourth-order valence-electron chi connectivity index (χ4n) is 1.34. The largest absolute Gasteiger partial charge is 0.478 e. The van der Waals surface area contributed by atoms with E-state index in [1.54, 1.807) is 12.1 Å². The van der Waals surface area contributed by atoms with Crippen molar-refractivity contribution < 1.29 is 14.3 Å². The smallest absolute Gasteiger partial charge is 0.338 e. The van der Waals surface area contributed by atoms with Crippen molar-refractivity contribution in [2.24, 2.45) is 0 Å². The third-order valence-corrected chi connectivity index (χ3v) is 2.46. The van der Waals surface area contributed by atoms with E-state index in [4.69, 9.17) is 21.1 Å². The predicted octanol–water partition coefficient (Wildman–Crippen LogP) is 3.24. The quantitative estimate of drug-likeness (QED) is 0.876. The van der Waals surface area contributed by atoms with Gasteiger partial charge in [0, 0.05) is 10.7 Å². The van der Waals surface area contributed by atoms with Crippen LogP contribution in [0.15, 0.2) is 41.0 Å². The Bertz CT molecular complexity index is 519. The average Bonchev–Trinajstić information content (AvgIpc) is 2.77. The van der Waals surface area contributed by atoms with Crippen LogP contribution < -0.4 is 5.32 Å². The molecule has 0 aliphatic carbocycles. The minimum Gasteiger partial charge on any atom is -0.478 e. The first-order valence-electron chi connectivity index (χ1n) is 4.95.